The van der Waals surface area contributed by atoms with Gasteiger partial charge in [-0.15, -0.1) is 0 Å². The molecule has 0 radical (unpaired) electrons. The van der Waals surface area contributed by atoms with E-state index < -0.39 is 0 Å². The number of hydrogen-bond acceptors (Lipinski definition) is 5. The molecule has 0 saturated heterocycles. The van der Waals surface area contributed by atoms with Crippen molar-refractivity contribution < 1.29 is 14.9 Å². The molecule has 0 atom stereocenters. The van der Waals surface area contributed by atoms with Crippen LogP contribution in [0.1, 0.15) is 0 Å². The van der Waals surface area contributed by atoms with Crippen molar-refractivity contribution in [3.05, 3.63) is 72.9 Å². The normalized spacial score (nSPS) is 11.2. The Morgan fingerprint density at radius 1 is 0.862 bits per heavy atom. The predicted octanol–water partition coefficient (Wildman–Crippen LogP) is 4.64. The highest BCUT2D eigenvalue weighted by Crippen LogP contribution is 2.38. The number of fused-ring (bicyclic) bond motifs is 3. The quantitative estimate of drug-likeness (QED) is 0.475. The maximum atomic E-state index is 10.6. The molecule has 0 aliphatic carbocycles. The molecule has 5 rings (SSSR count). The van der Waals surface area contributed by atoms with Gasteiger partial charge in [0.1, 0.15) is 17.2 Å². The lowest BCUT2D eigenvalue weighted by Crippen LogP contribution is -1.97. The molecule has 0 amide bonds. The molecule has 6 nitrogen and oxygen atoms in total. The van der Waals surface area contributed by atoms with E-state index in [0.29, 0.717) is 22.8 Å². The number of aromatic hydroxyl groups is 2. The number of nitrogens with zero attached hydrogens (tertiary/aromatic N) is 3. The topological polar surface area (TPSA) is 79.9 Å². The van der Waals surface area contributed by atoms with E-state index >= 15 is 0 Å². The van der Waals surface area contributed by atoms with Crippen molar-refractivity contribution in [1.29, 1.82) is 0 Å². The van der Waals surface area contributed by atoms with Crippen LogP contribution in [0.5, 0.6) is 17.2 Å². The summed E-state index contributed by atoms with van der Waals surface area (Å²) in [4.78, 5) is 9.41. The highest BCUT2D eigenvalue weighted by atomic mass is 16.5. The van der Waals surface area contributed by atoms with Crippen LogP contribution in [-0.2, 0) is 0 Å². The third-order valence-corrected chi connectivity index (χ3v) is 4.94. The van der Waals surface area contributed by atoms with Crippen molar-refractivity contribution in [1.82, 2.24) is 14.4 Å². The third-order valence-electron chi connectivity index (χ3n) is 4.94. The van der Waals surface area contributed by atoms with Crippen molar-refractivity contribution in [2.45, 2.75) is 0 Å². The zero-order valence-corrected chi connectivity index (χ0v) is 15.6. The van der Waals surface area contributed by atoms with E-state index in [4.69, 9.17) is 9.72 Å². The largest absolute Gasteiger partial charge is 0.508 e. The Hall–Kier alpha value is -4.06. The van der Waals surface area contributed by atoms with Gasteiger partial charge in [0.25, 0.3) is 0 Å². The molecular formula is C23H17N3O3. The number of para-hydroxylation sites is 2. The molecule has 2 heterocycles. The summed E-state index contributed by atoms with van der Waals surface area (Å²) in [6.45, 7) is 0. The van der Waals surface area contributed by atoms with E-state index in [1.807, 2.05) is 47.0 Å². The van der Waals surface area contributed by atoms with Gasteiger partial charge >= 0.3 is 0 Å². The fraction of sp³-hybridized carbons (Fsp3) is 0.0435. The van der Waals surface area contributed by atoms with Crippen molar-refractivity contribution in [3.63, 3.8) is 0 Å². The summed E-state index contributed by atoms with van der Waals surface area (Å²) in [5.41, 5.74) is 4.62. The second-order valence-corrected chi connectivity index (χ2v) is 6.70. The van der Waals surface area contributed by atoms with Crippen LogP contribution in [0.4, 0.5) is 0 Å². The number of methoxy groups -OCH3 is 1. The van der Waals surface area contributed by atoms with Gasteiger partial charge in [-0.2, -0.15) is 0 Å². The molecule has 2 aromatic heterocycles. The summed E-state index contributed by atoms with van der Waals surface area (Å²) in [5.74, 6) is 1.35. The van der Waals surface area contributed by atoms with Crippen LogP contribution in [0.3, 0.4) is 0 Å². The van der Waals surface area contributed by atoms with E-state index in [0.717, 1.165) is 22.2 Å². The average Bonchev–Trinajstić information content (AvgIpc) is 3.11. The highest BCUT2D eigenvalue weighted by Gasteiger charge is 2.17. The van der Waals surface area contributed by atoms with Crippen molar-refractivity contribution >= 4 is 16.8 Å². The van der Waals surface area contributed by atoms with Gasteiger partial charge in [-0.25, -0.2) is 9.97 Å². The number of benzene rings is 3. The molecule has 2 N–H and O–H groups in total. The van der Waals surface area contributed by atoms with Crippen LogP contribution >= 0.6 is 0 Å². The molecule has 6 heteroatoms. The summed E-state index contributed by atoms with van der Waals surface area (Å²) >= 11 is 0. The first kappa shape index (κ1) is 17.1. The zero-order valence-electron chi connectivity index (χ0n) is 15.6. The van der Waals surface area contributed by atoms with E-state index in [1.54, 1.807) is 37.4 Å². The predicted molar refractivity (Wildman–Crippen MR) is 111 cm³/mol. The fourth-order valence-corrected chi connectivity index (χ4v) is 3.48. The minimum Gasteiger partial charge on any atom is -0.508 e. The third kappa shape index (κ3) is 2.82. The van der Waals surface area contributed by atoms with Crippen LogP contribution in [-0.4, -0.2) is 31.7 Å². The lowest BCUT2D eigenvalue weighted by Gasteiger charge is -2.13. The van der Waals surface area contributed by atoms with Gasteiger partial charge in [0.2, 0.25) is 5.78 Å². The molecule has 29 heavy (non-hydrogen) atoms. The molecule has 0 aliphatic rings. The summed E-state index contributed by atoms with van der Waals surface area (Å²) in [5, 5.41) is 20.3. The lowest BCUT2D eigenvalue weighted by atomic mass is 10.00. The molecule has 142 valence electrons. The van der Waals surface area contributed by atoms with Crippen molar-refractivity contribution in [2.24, 2.45) is 0 Å². The maximum Gasteiger partial charge on any atom is 0.235 e. The molecule has 0 fully saturated rings. The number of hydrogen-bond donors (Lipinski definition) is 2. The van der Waals surface area contributed by atoms with Crippen molar-refractivity contribution in [3.8, 4) is 39.6 Å². The van der Waals surface area contributed by atoms with Gasteiger partial charge < -0.3 is 14.9 Å². The second kappa shape index (κ2) is 6.53. The number of imidazole rings is 1. The maximum absolute atomic E-state index is 10.6. The number of phenols is 2. The average molecular weight is 383 g/mol. The second-order valence-electron chi connectivity index (χ2n) is 6.70. The Balaban J connectivity index is 1.84. The van der Waals surface area contributed by atoms with Gasteiger partial charge in [0.15, 0.2) is 0 Å². The van der Waals surface area contributed by atoms with Crippen LogP contribution in [0.25, 0.3) is 39.2 Å². The molecule has 0 unspecified atom stereocenters. The number of aromatic nitrogens is 3. The number of phenolic OH excluding ortho intramolecular Hbond substituents is 2. The summed E-state index contributed by atoms with van der Waals surface area (Å²) < 4.78 is 7.13. The summed E-state index contributed by atoms with van der Waals surface area (Å²) in [6.07, 6.45) is 1.96. The standard InChI is InChI=1S/C23H17N3O3/c1-29-16-10-11-17(21(28)12-16)22-18(14-6-8-15(27)9-7-14)13-26-20-5-3-2-4-19(20)24-23(26)25-22/h2-13,27-28H,1H3. The SMILES string of the molecule is COc1ccc(-c2nc3nc4ccccc4n3cc2-c2ccc(O)cc2)c(O)c1. The van der Waals surface area contributed by atoms with Crippen LogP contribution in [0, 0.1) is 0 Å². The first-order valence-corrected chi connectivity index (χ1v) is 9.08. The highest BCUT2D eigenvalue weighted by molar-refractivity contribution is 5.87. The van der Waals surface area contributed by atoms with Gasteiger partial charge in [-0.3, -0.25) is 4.40 Å². The number of rotatable bonds is 3. The van der Waals surface area contributed by atoms with Gasteiger partial charge in [0.05, 0.1) is 23.8 Å². The summed E-state index contributed by atoms with van der Waals surface area (Å²) in [7, 11) is 1.55. The van der Waals surface area contributed by atoms with E-state index in [9.17, 15) is 10.2 Å². The molecule has 0 saturated carbocycles. The van der Waals surface area contributed by atoms with Crippen LogP contribution in [0.2, 0.25) is 0 Å². The van der Waals surface area contributed by atoms with E-state index in [1.165, 1.54) is 0 Å². The molecule has 0 aliphatic heterocycles. The molecular weight excluding hydrogens is 366 g/mol. The molecule has 5 aromatic rings. The van der Waals surface area contributed by atoms with Gasteiger partial charge in [-0.05, 0) is 42.0 Å². The molecule has 0 spiro atoms. The minimum absolute atomic E-state index is 0.0670. The van der Waals surface area contributed by atoms with Crippen molar-refractivity contribution in [2.75, 3.05) is 7.11 Å². The smallest absolute Gasteiger partial charge is 0.235 e. The molecule has 3 aromatic carbocycles. The van der Waals surface area contributed by atoms with Gasteiger partial charge in [-0.1, -0.05) is 24.3 Å². The Kier molecular flexibility index (Phi) is 3.84. The summed E-state index contributed by atoms with van der Waals surface area (Å²) in [6, 6.07) is 19.8. The lowest BCUT2D eigenvalue weighted by molar-refractivity contribution is 0.408. The number of ether oxygens (including phenoxy) is 1. The zero-order chi connectivity index (χ0) is 20.0. The monoisotopic (exact) mass is 383 g/mol. The minimum atomic E-state index is 0.0670. The van der Waals surface area contributed by atoms with E-state index in [-0.39, 0.29) is 11.5 Å². The first-order chi connectivity index (χ1) is 14.1. The Labute approximate surface area is 166 Å². The fourth-order valence-electron chi connectivity index (χ4n) is 3.48. The van der Waals surface area contributed by atoms with Crippen LogP contribution in [0.15, 0.2) is 72.9 Å². The Bertz CT molecular complexity index is 1360. The Morgan fingerprint density at radius 2 is 1.66 bits per heavy atom. The first-order valence-electron chi connectivity index (χ1n) is 9.08. The molecule has 0 bridgehead atoms. The van der Waals surface area contributed by atoms with E-state index in [2.05, 4.69) is 4.98 Å². The Morgan fingerprint density at radius 3 is 2.41 bits per heavy atom. The van der Waals surface area contributed by atoms with Crippen LogP contribution < -0.4 is 4.74 Å². The van der Waals surface area contributed by atoms with Gasteiger partial charge in [0, 0.05) is 23.4 Å².